The number of hydrogen-bond acceptors (Lipinski definition) is 3. The molecule has 2 N–H and O–H groups in total. The maximum absolute atomic E-state index is 5.96. The Morgan fingerprint density at radius 2 is 1.83 bits per heavy atom. The van der Waals surface area contributed by atoms with Gasteiger partial charge < -0.3 is 10.3 Å². The van der Waals surface area contributed by atoms with Crippen LogP contribution >= 0.6 is 15.9 Å². The van der Waals surface area contributed by atoms with Crippen LogP contribution < -0.4 is 5.73 Å². The Hall–Kier alpha value is -1.29. The van der Waals surface area contributed by atoms with Crippen molar-refractivity contribution in [2.75, 3.05) is 5.73 Å². The molecule has 0 radical (unpaired) electrons. The number of nitrogen functional groups attached to an aromatic ring is 1. The molecule has 1 fully saturated rings. The molecular weight excluding hydrogens is 292 g/mol. The molecule has 3 rings (SSSR count). The highest BCUT2D eigenvalue weighted by Gasteiger charge is 2.26. The summed E-state index contributed by atoms with van der Waals surface area (Å²) in [6.07, 6.45) is 4.90. The Morgan fingerprint density at radius 1 is 1.17 bits per heavy atom. The lowest BCUT2D eigenvalue weighted by Gasteiger charge is -2.08. The third kappa shape index (κ3) is 2.05. The minimum Gasteiger partial charge on any atom is -0.380 e. The number of nitrogens with zero attached hydrogens (tertiary/aromatic N) is 1. The van der Waals surface area contributed by atoms with Crippen LogP contribution in [0.15, 0.2) is 33.3 Å². The molecule has 0 saturated heterocycles. The number of rotatable bonds is 2. The lowest BCUT2D eigenvalue weighted by Crippen LogP contribution is -1.94. The molecule has 0 unspecified atom stereocenters. The molecule has 1 aliphatic rings. The summed E-state index contributed by atoms with van der Waals surface area (Å²) in [5.41, 5.74) is 8.03. The van der Waals surface area contributed by atoms with Crippen LogP contribution in [0.4, 0.5) is 5.82 Å². The van der Waals surface area contributed by atoms with Gasteiger partial charge in [0.15, 0.2) is 5.82 Å². The van der Waals surface area contributed by atoms with E-state index in [4.69, 9.17) is 10.3 Å². The molecule has 0 atom stereocenters. The van der Waals surface area contributed by atoms with Crippen molar-refractivity contribution in [2.24, 2.45) is 0 Å². The van der Waals surface area contributed by atoms with E-state index < -0.39 is 0 Å². The van der Waals surface area contributed by atoms with Crippen LogP contribution in [-0.4, -0.2) is 5.16 Å². The van der Waals surface area contributed by atoms with Crippen molar-refractivity contribution < 1.29 is 4.52 Å². The summed E-state index contributed by atoms with van der Waals surface area (Å²) >= 11 is 3.44. The van der Waals surface area contributed by atoms with Gasteiger partial charge in [0.25, 0.3) is 0 Å². The molecule has 0 spiro atoms. The van der Waals surface area contributed by atoms with Crippen molar-refractivity contribution in [2.45, 2.75) is 31.6 Å². The van der Waals surface area contributed by atoms with Gasteiger partial charge in [-0.05, 0) is 30.5 Å². The van der Waals surface area contributed by atoms with Gasteiger partial charge in [0.1, 0.15) is 5.76 Å². The number of anilines is 1. The van der Waals surface area contributed by atoms with Crippen LogP contribution in [0.25, 0.3) is 11.1 Å². The Bertz CT molecular complexity index is 541. The van der Waals surface area contributed by atoms with Crippen molar-refractivity contribution in [3.63, 3.8) is 0 Å². The fourth-order valence-electron chi connectivity index (χ4n) is 2.69. The molecule has 0 amide bonds. The van der Waals surface area contributed by atoms with Crippen LogP contribution in [0.3, 0.4) is 0 Å². The van der Waals surface area contributed by atoms with E-state index in [1.807, 2.05) is 24.3 Å². The number of aromatic nitrogens is 1. The molecule has 1 aliphatic carbocycles. The molecule has 3 nitrogen and oxygen atoms in total. The van der Waals surface area contributed by atoms with E-state index in [0.717, 1.165) is 21.4 Å². The topological polar surface area (TPSA) is 52.0 Å². The zero-order chi connectivity index (χ0) is 12.5. The Kier molecular flexibility index (Phi) is 3.12. The number of hydrogen-bond donors (Lipinski definition) is 1. The lowest BCUT2D eigenvalue weighted by molar-refractivity contribution is 0.363. The van der Waals surface area contributed by atoms with Gasteiger partial charge in [-0.1, -0.05) is 46.1 Å². The second kappa shape index (κ2) is 4.76. The van der Waals surface area contributed by atoms with Crippen molar-refractivity contribution in [3.8, 4) is 11.1 Å². The minimum atomic E-state index is 0.480. The van der Waals surface area contributed by atoms with E-state index >= 15 is 0 Å². The summed E-state index contributed by atoms with van der Waals surface area (Å²) < 4.78 is 6.54. The Labute approximate surface area is 114 Å². The highest BCUT2D eigenvalue weighted by molar-refractivity contribution is 9.10. The molecule has 4 heteroatoms. The van der Waals surface area contributed by atoms with Crippen molar-refractivity contribution in [1.82, 2.24) is 5.16 Å². The first-order valence-electron chi connectivity index (χ1n) is 6.26. The summed E-state index contributed by atoms with van der Waals surface area (Å²) in [5.74, 6) is 1.94. The van der Waals surface area contributed by atoms with E-state index in [1.165, 1.54) is 25.7 Å². The summed E-state index contributed by atoms with van der Waals surface area (Å²) in [4.78, 5) is 0. The van der Waals surface area contributed by atoms with Gasteiger partial charge >= 0.3 is 0 Å². The number of halogens is 1. The van der Waals surface area contributed by atoms with E-state index in [9.17, 15) is 0 Å². The zero-order valence-electron chi connectivity index (χ0n) is 10.0. The summed E-state index contributed by atoms with van der Waals surface area (Å²) in [7, 11) is 0. The highest BCUT2D eigenvalue weighted by atomic mass is 79.9. The molecule has 94 valence electrons. The summed E-state index contributed by atoms with van der Waals surface area (Å²) in [6.45, 7) is 0. The third-order valence-corrected chi connectivity index (χ3v) is 4.13. The largest absolute Gasteiger partial charge is 0.380 e. The molecule has 1 aromatic heterocycles. The molecule has 18 heavy (non-hydrogen) atoms. The second-order valence-corrected chi connectivity index (χ2v) is 5.71. The Balaban J connectivity index is 2.04. The normalized spacial score (nSPS) is 16.3. The van der Waals surface area contributed by atoms with Gasteiger partial charge in [0, 0.05) is 10.4 Å². The van der Waals surface area contributed by atoms with Crippen molar-refractivity contribution in [3.05, 3.63) is 34.5 Å². The van der Waals surface area contributed by atoms with Crippen LogP contribution in [0.2, 0.25) is 0 Å². The van der Waals surface area contributed by atoms with Crippen LogP contribution in [0.1, 0.15) is 37.4 Å². The second-order valence-electron chi connectivity index (χ2n) is 4.80. The Morgan fingerprint density at radius 3 is 2.50 bits per heavy atom. The first-order chi connectivity index (χ1) is 8.75. The monoisotopic (exact) mass is 306 g/mol. The predicted molar refractivity (Wildman–Crippen MR) is 75.3 cm³/mol. The van der Waals surface area contributed by atoms with Gasteiger partial charge in [-0.25, -0.2) is 0 Å². The third-order valence-electron chi connectivity index (χ3n) is 3.60. The van der Waals surface area contributed by atoms with E-state index in [0.29, 0.717) is 11.7 Å². The zero-order valence-corrected chi connectivity index (χ0v) is 11.6. The average molecular weight is 307 g/mol. The standard InChI is InChI=1S/C14H15BrN2O/c15-11-7-5-9(6-8-11)12-13(18-17-14(12)16)10-3-1-2-4-10/h5-8,10H,1-4H2,(H2,16,17). The van der Waals surface area contributed by atoms with Crippen LogP contribution in [-0.2, 0) is 0 Å². The predicted octanol–water partition coefficient (Wildman–Crippen LogP) is 4.34. The van der Waals surface area contributed by atoms with Gasteiger partial charge in [0.05, 0.1) is 5.56 Å². The molecule has 0 aliphatic heterocycles. The smallest absolute Gasteiger partial charge is 0.175 e. The molecule has 1 saturated carbocycles. The average Bonchev–Trinajstić information content (AvgIpc) is 2.99. The molecule has 1 heterocycles. The van der Waals surface area contributed by atoms with Crippen molar-refractivity contribution >= 4 is 21.7 Å². The maximum atomic E-state index is 5.96. The summed E-state index contributed by atoms with van der Waals surface area (Å²) in [5, 5.41) is 3.95. The first-order valence-corrected chi connectivity index (χ1v) is 7.06. The lowest BCUT2D eigenvalue weighted by atomic mass is 9.96. The molecule has 1 aromatic carbocycles. The summed E-state index contributed by atoms with van der Waals surface area (Å²) in [6, 6.07) is 8.12. The van der Waals surface area contributed by atoms with Gasteiger partial charge in [-0.2, -0.15) is 0 Å². The van der Waals surface area contributed by atoms with Gasteiger partial charge in [-0.3, -0.25) is 0 Å². The van der Waals surface area contributed by atoms with Crippen molar-refractivity contribution in [1.29, 1.82) is 0 Å². The fourth-order valence-corrected chi connectivity index (χ4v) is 2.95. The van der Waals surface area contributed by atoms with Crippen LogP contribution in [0.5, 0.6) is 0 Å². The fraction of sp³-hybridized carbons (Fsp3) is 0.357. The van der Waals surface area contributed by atoms with E-state index in [-0.39, 0.29) is 0 Å². The van der Waals surface area contributed by atoms with Gasteiger partial charge in [0.2, 0.25) is 0 Å². The van der Waals surface area contributed by atoms with Gasteiger partial charge in [-0.15, -0.1) is 0 Å². The molecule has 0 bridgehead atoms. The number of benzene rings is 1. The quantitative estimate of drug-likeness (QED) is 0.897. The minimum absolute atomic E-state index is 0.480. The van der Waals surface area contributed by atoms with E-state index in [1.54, 1.807) is 0 Å². The maximum Gasteiger partial charge on any atom is 0.175 e. The first kappa shape index (κ1) is 11.8. The van der Waals surface area contributed by atoms with Crippen LogP contribution in [0, 0.1) is 0 Å². The number of nitrogens with two attached hydrogens (primary N) is 1. The molecule has 2 aromatic rings. The molecular formula is C14H15BrN2O. The SMILES string of the molecule is Nc1noc(C2CCCC2)c1-c1ccc(Br)cc1. The van der Waals surface area contributed by atoms with E-state index in [2.05, 4.69) is 21.1 Å². The highest BCUT2D eigenvalue weighted by Crippen LogP contribution is 2.41.